The fourth-order valence-corrected chi connectivity index (χ4v) is 5.00. The molecule has 0 aromatic heterocycles. The number of nitrogens with zero attached hydrogens (tertiary/aromatic N) is 1. The first-order chi connectivity index (χ1) is 17.0. The number of alkyl carbamates (subject to hydrolysis) is 1. The van der Waals surface area contributed by atoms with Crippen LogP contribution in [0.3, 0.4) is 0 Å². The molecule has 0 bridgehead atoms. The van der Waals surface area contributed by atoms with E-state index < -0.39 is 18.1 Å². The van der Waals surface area contributed by atoms with Crippen molar-refractivity contribution in [2.24, 2.45) is 5.92 Å². The Kier molecular flexibility index (Phi) is 7.71. The van der Waals surface area contributed by atoms with Gasteiger partial charge in [-0.2, -0.15) is 0 Å². The van der Waals surface area contributed by atoms with Gasteiger partial charge in [0.2, 0.25) is 5.91 Å². The molecule has 1 fully saturated rings. The van der Waals surface area contributed by atoms with E-state index in [1.165, 1.54) is 0 Å². The Labute approximate surface area is 205 Å². The second kappa shape index (κ2) is 11.1. The first-order valence-corrected chi connectivity index (χ1v) is 12.0. The van der Waals surface area contributed by atoms with Crippen LogP contribution in [0.4, 0.5) is 4.79 Å². The molecule has 1 aliphatic carbocycles. The summed E-state index contributed by atoms with van der Waals surface area (Å²) in [5.41, 5.74) is 4.54. The Morgan fingerprint density at radius 2 is 1.77 bits per heavy atom. The van der Waals surface area contributed by atoms with E-state index in [9.17, 15) is 14.4 Å². The van der Waals surface area contributed by atoms with Gasteiger partial charge in [0.25, 0.3) is 0 Å². The number of hydrogen-bond donors (Lipinski definition) is 2. The first-order valence-electron chi connectivity index (χ1n) is 12.0. The van der Waals surface area contributed by atoms with E-state index >= 15 is 0 Å². The third-order valence-corrected chi connectivity index (χ3v) is 6.78. The van der Waals surface area contributed by atoms with Crippen molar-refractivity contribution in [1.29, 1.82) is 0 Å². The molecule has 1 saturated heterocycles. The van der Waals surface area contributed by atoms with Crippen LogP contribution < -0.4 is 5.32 Å². The number of carbonyl (C=O) groups excluding carboxylic acids is 2. The maximum absolute atomic E-state index is 13.1. The number of hydrogen-bond acceptors (Lipinski definition) is 4. The van der Waals surface area contributed by atoms with Crippen LogP contribution in [0.15, 0.2) is 48.5 Å². The van der Waals surface area contributed by atoms with Crippen LogP contribution in [0.1, 0.15) is 49.7 Å². The molecule has 2 aliphatic rings. The van der Waals surface area contributed by atoms with Crippen LogP contribution in [-0.4, -0.2) is 53.7 Å². The normalized spacial score (nSPS) is 17.1. The summed E-state index contributed by atoms with van der Waals surface area (Å²) in [6, 6.07) is 15.4. The maximum atomic E-state index is 13.1. The summed E-state index contributed by atoms with van der Waals surface area (Å²) in [7, 11) is 0. The fourth-order valence-electron chi connectivity index (χ4n) is 5.00. The molecule has 35 heavy (non-hydrogen) atoms. The van der Waals surface area contributed by atoms with Crippen molar-refractivity contribution in [3.05, 3.63) is 59.7 Å². The summed E-state index contributed by atoms with van der Waals surface area (Å²) >= 11 is 0. The zero-order chi connectivity index (χ0) is 24.8. The van der Waals surface area contributed by atoms with Crippen molar-refractivity contribution in [1.82, 2.24) is 10.2 Å². The number of likely N-dealkylation sites (tertiary alicyclic amines) is 1. The number of carboxylic acid groups (broad SMARTS) is 1. The zero-order valence-electron chi connectivity index (χ0n) is 19.8. The molecular weight excluding hydrogens is 444 g/mol. The van der Waals surface area contributed by atoms with Gasteiger partial charge >= 0.3 is 12.1 Å². The number of rotatable bonds is 8. The highest BCUT2D eigenvalue weighted by atomic mass is 16.5. The van der Waals surface area contributed by atoms with E-state index in [1.54, 1.807) is 11.8 Å². The zero-order valence-corrected chi connectivity index (χ0v) is 19.8. The van der Waals surface area contributed by atoms with Crippen LogP contribution in [0.2, 0.25) is 0 Å². The predicted molar refractivity (Wildman–Crippen MR) is 132 cm³/mol. The van der Waals surface area contributed by atoms with E-state index in [1.807, 2.05) is 24.3 Å². The third kappa shape index (κ3) is 5.65. The lowest BCUT2D eigenvalue weighted by molar-refractivity contribution is -0.137. The smallest absolute Gasteiger partial charge is 0.407 e. The summed E-state index contributed by atoms with van der Waals surface area (Å²) in [4.78, 5) is 38.4. The fraction of sp³-hybridized carbons (Fsp3) is 0.393. The molecule has 2 amide bonds. The summed E-state index contributed by atoms with van der Waals surface area (Å²) in [5.74, 6) is 4.72. The lowest BCUT2D eigenvalue weighted by atomic mass is 9.98. The van der Waals surface area contributed by atoms with Gasteiger partial charge in [0, 0.05) is 31.8 Å². The van der Waals surface area contributed by atoms with Crippen LogP contribution >= 0.6 is 0 Å². The Bertz CT molecular complexity index is 1120. The van der Waals surface area contributed by atoms with Gasteiger partial charge in [-0.3, -0.25) is 9.59 Å². The first kappa shape index (κ1) is 24.3. The summed E-state index contributed by atoms with van der Waals surface area (Å²) < 4.78 is 5.61. The van der Waals surface area contributed by atoms with Crippen LogP contribution in [0.25, 0.3) is 11.1 Å². The molecular formula is C28H30N2O5. The van der Waals surface area contributed by atoms with Crippen molar-refractivity contribution >= 4 is 18.0 Å². The van der Waals surface area contributed by atoms with Gasteiger partial charge in [-0.1, -0.05) is 48.5 Å². The monoisotopic (exact) mass is 474 g/mol. The summed E-state index contributed by atoms with van der Waals surface area (Å²) in [6.07, 6.45) is 0.935. The Morgan fingerprint density at radius 1 is 1.11 bits per heavy atom. The molecule has 0 saturated carbocycles. The van der Waals surface area contributed by atoms with Crippen molar-refractivity contribution in [3.8, 4) is 23.0 Å². The molecule has 182 valence electrons. The van der Waals surface area contributed by atoms with E-state index in [-0.39, 0.29) is 37.2 Å². The minimum atomic E-state index is -0.831. The SMILES string of the molecule is CC#CCC(NC(=O)OCC1c2ccccc2-c2ccccc21)C(=O)N1CCC(CCC(=O)O)C1. The maximum Gasteiger partial charge on any atom is 0.407 e. The molecule has 1 heterocycles. The third-order valence-electron chi connectivity index (χ3n) is 6.78. The summed E-state index contributed by atoms with van der Waals surface area (Å²) in [6.45, 7) is 2.90. The quantitative estimate of drug-likeness (QED) is 0.564. The minimum absolute atomic E-state index is 0.0636. The van der Waals surface area contributed by atoms with Gasteiger partial charge in [0.05, 0.1) is 0 Å². The number of aliphatic carboxylic acids is 1. The Morgan fingerprint density at radius 3 is 2.40 bits per heavy atom. The van der Waals surface area contributed by atoms with Gasteiger partial charge in [0.1, 0.15) is 12.6 Å². The number of nitrogens with one attached hydrogen (secondary N) is 1. The Hall–Kier alpha value is -3.79. The van der Waals surface area contributed by atoms with Gasteiger partial charge < -0.3 is 20.1 Å². The number of benzene rings is 2. The van der Waals surface area contributed by atoms with E-state index in [0.717, 1.165) is 28.7 Å². The van der Waals surface area contributed by atoms with E-state index in [4.69, 9.17) is 9.84 Å². The van der Waals surface area contributed by atoms with Gasteiger partial charge in [-0.05, 0) is 47.9 Å². The number of carboxylic acids is 1. The molecule has 0 radical (unpaired) electrons. The molecule has 0 spiro atoms. The lowest BCUT2D eigenvalue weighted by Gasteiger charge is -2.23. The van der Waals surface area contributed by atoms with Crippen LogP contribution in [0.5, 0.6) is 0 Å². The highest BCUT2D eigenvalue weighted by Crippen LogP contribution is 2.44. The topological polar surface area (TPSA) is 95.9 Å². The standard InChI is InChI=1S/C28H30N2O5/c1-2-3-12-25(27(33)30-16-15-19(17-30)13-14-26(31)32)29-28(34)35-18-24-22-10-6-4-8-20(22)21-9-5-7-11-23(21)24/h4-11,19,24-25H,12-18H2,1H3,(H,29,34)(H,31,32). The van der Waals surface area contributed by atoms with Gasteiger partial charge in [-0.15, -0.1) is 11.8 Å². The molecule has 2 N–H and O–H groups in total. The highest BCUT2D eigenvalue weighted by molar-refractivity contribution is 5.86. The Balaban J connectivity index is 1.37. The molecule has 2 atom stereocenters. The average Bonchev–Trinajstić information content (AvgIpc) is 3.46. The number of carbonyl (C=O) groups is 3. The van der Waals surface area contributed by atoms with Crippen molar-refractivity contribution < 1.29 is 24.2 Å². The molecule has 4 rings (SSSR count). The predicted octanol–water partition coefficient (Wildman–Crippen LogP) is 4.02. The summed E-state index contributed by atoms with van der Waals surface area (Å²) in [5, 5.41) is 11.6. The molecule has 7 nitrogen and oxygen atoms in total. The van der Waals surface area contributed by atoms with Crippen LogP contribution in [0, 0.1) is 17.8 Å². The minimum Gasteiger partial charge on any atom is -0.481 e. The second-order valence-corrected chi connectivity index (χ2v) is 9.02. The number of amides is 2. The van der Waals surface area contributed by atoms with E-state index in [0.29, 0.717) is 19.5 Å². The van der Waals surface area contributed by atoms with Crippen LogP contribution in [-0.2, 0) is 14.3 Å². The molecule has 2 aromatic carbocycles. The van der Waals surface area contributed by atoms with E-state index in [2.05, 4.69) is 41.4 Å². The highest BCUT2D eigenvalue weighted by Gasteiger charge is 2.33. The number of fused-ring (bicyclic) bond motifs is 3. The lowest BCUT2D eigenvalue weighted by Crippen LogP contribution is -2.48. The molecule has 2 unspecified atom stereocenters. The molecule has 1 aliphatic heterocycles. The molecule has 2 aromatic rings. The van der Waals surface area contributed by atoms with Gasteiger partial charge in [-0.25, -0.2) is 4.79 Å². The largest absolute Gasteiger partial charge is 0.481 e. The second-order valence-electron chi connectivity index (χ2n) is 9.02. The van der Waals surface area contributed by atoms with Crippen molar-refractivity contribution in [3.63, 3.8) is 0 Å². The number of ether oxygens (including phenoxy) is 1. The molecule has 7 heteroatoms. The van der Waals surface area contributed by atoms with Crippen molar-refractivity contribution in [2.75, 3.05) is 19.7 Å². The van der Waals surface area contributed by atoms with Gasteiger partial charge in [0.15, 0.2) is 0 Å². The average molecular weight is 475 g/mol. The van der Waals surface area contributed by atoms with Crippen molar-refractivity contribution in [2.45, 2.75) is 44.6 Å².